The number of amides is 2. The molecule has 0 aliphatic heterocycles. The molecule has 28 heavy (non-hydrogen) atoms. The molecule has 0 saturated heterocycles. The molecule has 5 nitrogen and oxygen atoms in total. The summed E-state index contributed by atoms with van der Waals surface area (Å²) in [5.74, 6) is -0.501. The van der Waals surface area contributed by atoms with Crippen molar-refractivity contribution in [3.8, 4) is 11.3 Å². The largest absolute Gasteiger partial charge is 0.355 e. The minimum atomic E-state index is -0.278. The predicted molar refractivity (Wildman–Crippen MR) is 112 cm³/mol. The van der Waals surface area contributed by atoms with E-state index in [9.17, 15) is 9.59 Å². The van der Waals surface area contributed by atoms with E-state index in [1.54, 1.807) is 31.3 Å². The lowest BCUT2D eigenvalue weighted by Gasteiger charge is -2.05. The van der Waals surface area contributed by atoms with Crippen LogP contribution >= 0.6 is 11.3 Å². The van der Waals surface area contributed by atoms with Crippen molar-refractivity contribution in [2.75, 3.05) is 12.4 Å². The average Bonchev–Trinajstić information content (AvgIpc) is 3.32. The van der Waals surface area contributed by atoms with Crippen LogP contribution < -0.4 is 10.6 Å². The van der Waals surface area contributed by atoms with Crippen molar-refractivity contribution in [3.63, 3.8) is 0 Å². The quantitative estimate of drug-likeness (QED) is 0.699. The molecule has 0 radical (unpaired) electrons. The van der Waals surface area contributed by atoms with Gasteiger partial charge in [-0.15, -0.1) is 11.3 Å². The van der Waals surface area contributed by atoms with Crippen LogP contribution in [0, 0.1) is 6.92 Å². The summed E-state index contributed by atoms with van der Waals surface area (Å²) < 4.78 is 0. The molecule has 1 aliphatic rings. The Bertz CT molecular complexity index is 1070. The van der Waals surface area contributed by atoms with E-state index in [1.807, 2.05) is 6.92 Å². The molecule has 2 amide bonds. The van der Waals surface area contributed by atoms with Crippen molar-refractivity contribution in [2.24, 2.45) is 0 Å². The highest BCUT2D eigenvalue weighted by Crippen LogP contribution is 2.33. The van der Waals surface area contributed by atoms with Crippen LogP contribution in [-0.4, -0.2) is 23.8 Å². The lowest BCUT2D eigenvalue weighted by molar-refractivity contribution is 0.0963. The van der Waals surface area contributed by atoms with E-state index in [4.69, 9.17) is 0 Å². The first-order chi connectivity index (χ1) is 13.5. The van der Waals surface area contributed by atoms with Gasteiger partial charge in [-0.05, 0) is 61.6 Å². The number of carbonyl (C=O) groups is 2. The Morgan fingerprint density at radius 3 is 2.54 bits per heavy atom. The van der Waals surface area contributed by atoms with Crippen LogP contribution in [0.25, 0.3) is 11.3 Å². The van der Waals surface area contributed by atoms with Gasteiger partial charge in [0.25, 0.3) is 11.8 Å². The second-order valence-corrected chi connectivity index (χ2v) is 8.08. The summed E-state index contributed by atoms with van der Waals surface area (Å²) in [6, 6.07) is 13.2. The molecule has 1 aliphatic carbocycles. The topological polar surface area (TPSA) is 71.1 Å². The standard InChI is InChI=1S/C22H21N3O2S/c1-13-19(16-10-9-14-5-3-6-15(14)11-16)24-22(28-13)25-21(27)18-8-4-7-17(12-18)20(26)23-2/h4,7-12H,3,5-6H2,1-2H3,(H,23,26)(H,24,25,27). The average molecular weight is 391 g/mol. The number of rotatable bonds is 4. The lowest BCUT2D eigenvalue weighted by atomic mass is 10.0. The Labute approximate surface area is 167 Å². The fraction of sp³-hybridized carbons (Fsp3) is 0.227. The minimum absolute atomic E-state index is 0.223. The Kier molecular flexibility index (Phi) is 4.96. The van der Waals surface area contributed by atoms with Gasteiger partial charge in [0.2, 0.25) is 0 Å². The number of nitrogens with one attached hydrogen (secondary N) is 2. The molecule has 0 spiro atoms. The molecule has 142 valence electrons. The third kappa shape index (κ3) is 3.55. The Hall–Kier alpha value is -2.99. The van der Waals surface area contributed by atoms with Crippen LogP contribution in [0.1, 0.15) is 43.1 Å². The summed E-state index contributed by atoms with van der Waals surface area (Å²) in [6.07, 6.45) is 3.49. The van der Waals surface area contributed by atoms with Crippen LogP contribution in [0.4, 0.5) is 5.13 Å². The van der Waals surface area contributed by atoms with Crippen molar-refractivity contribution in [3.05, 3.63) is 69.6 Å². The first-order valence-electron chi connectivity index (χ1n) is 9.28. The molecule has 4 rings (SSSR count). The van der Waals surface area contributed by atoms with Gasteiger partial charge < -0.3 is 5.32 Å². The number of nitrogens with zero attached hydrogens (tertiary/aromatic N) is 1. The van der Waals surface area contributed by atoms with Crippen LogP contribution in [0.2, 0.25) is 0 Å². The normalized spacial score (nSPS) is 12.5. The van der Waals surface area contributed by atoms with E-state index in [2.05, 4.69) is 33.8 Å². The molecule has 2 N–H and O–H groups in total. The Balaban J connectivity index is 1.56. The van der Waals surface area contributed by atoms with Crippen LogP contribution in [0.3, 0.4) is 0 Å². The number of aromatic nitrogens is 1. The zero-order valence-corrected chi connectivity index (χ0v) is 16.7. The fourth-order valence-corrected chi connectivity index (χ4v) is 4.38. The molecule has 6 heteroatoms. The number of hydrogen-bond donors (Lipinski definition) is 2. The highest BCUT2D eigenvalue weighted by Gasteiger charge is 2.17. The van der Waals surface area contributed by atoms with E-state index in [0.717, 1.165) is 29.0 Å². The smallest absolute Gasteiger partial charge is 0.257 e. The van der Waals surface area contributed by atoms with Gasteiger partial charge in [-0.1, -0.05) is 18.2 Å². The van der Waals surface area contributed by atoms with Gasteiger partial charge in [0.1, 0.15) is 0 Å². The molecule has 0 saturated carbocycles. The molecule has 2 aromatic carbocycles. The van der Waals surface area contributed by atoms with Crippen molar-refractivity contribution in [1.82, 2.24) is 10.3 Å². The number of benzene rings is 2. The molecular formula is C22H21N3O2S. The number of hydrogen-bond acceptors (Lipinski definition) is 4. The highest BCUT2D eigenvalue weighted by molar-refractivity contribution is 7.16. The molecular weight excluding hydrogens is 370 g/mol. The number of carbonyl (C=O) groups excluding carboxylic acids is 2. The van der Waals surface area contributed by atoms with E-state index in [0.29, 0.717) is 16.3 Å². The van der Waals surface area contributed by atoms with Gasteiger partial charge in [-0.3, -0.25) is 14.9 Å². The van der Waals surface area contributed by atoms with Crippen molar-refractivity contribution < 1.29 is 9.59 Å². The van der Waals surface area contributed by atoms with Gasteiger partial charge in [-0.25, -0.2) is 4.98 Å². The third-order valence-corrected chi connectivity index (χ3v) is 5.89. The lowest BCUT2D eigenvalue weighted by Crippen LogP contribution is -2.19. The van der Waals surface area contributed by atoms with Crippen LogP contribution in [0.5, 0.6) is 0 Å². The number of aryl methyl sites for hydroxylation is 3. The number of fused-ring (bicyclic) bond motifs is 1. The molecule has 0 atom stereocenters. The van der Waals surface area contributed by atoms with Gasteiger partial charge in [0.15, 0.2) is 5.13 Å². The summed E-state index contributed by atoms with van der Waals surface area (Å²) >= 11 is 1.46. The van der Waals surface area contributed by atoms with Crippen LogP contribution in [-0.2, 0) is 12.8 Å². The van der Waals surface area contributed by atoms with Crippen molar-refractivity contribution >= 4 is 28.3 Å². The first kappa shape index (κ1) is 18.4. The first-order valence-corrected chi connectivity index (χ1v) is 10.1. The zero-order valence-electron chi connectivity index (χ0n) is 15.8. The molecule has 1 heterocycles. The number of thiazole rings is 1. The molecule has 3 aromatic rings. The SMILES string of the molecule is CNC(=O)c1cccc(C(=O)Nc2nc(-c3ccc4c(c3)CCC4)c(C)s2)c1. The summed E-state index contributed by atoms with van der Waals surface area (Å²) in [6.45, 7) is 2.02. The molecule has 1 aromatic heterocycles. The van der Waals surface area contributed by atoms with Gasteiger partial charge in [-0.2, -0.15) is 0 Å². The summed E-state index contributed by atoms with van der Waals surface area (Å²) in [7, 11) is 1.56. The van der Waals surface area contributed by atoms with E-state index in [1.165, 1.54) is 28.9 Å². The number of anilines is 1. The molecule has 0 unspecified atom stereocenters. The fourth-order valence-electron chi connectivity index (χ4n) is 3.55. The minimum Gasteiger partial charge on any atom is -0.355 e. The maximum absolute atomic E-state index is 12.6. The van der Waals surface area contributed by atoms with Gasteiger partial charge in [0.05, 0.1) is 5.69 Å². The van der Waals surface area contributed by atoms with Gasteiger partial charge >= 0.3 is 0 Å². The maximum Gasteiger partial charge on any atom is 0.257 e. The monoisotopic (exact) mass is 391 g/mol. The van der Waals surface area contributed by atoms with E-state index >= 15 is 0 Å². The second-order valence-electron chi connectivity index (χ2n) is 6.87. The molecule has 0 bridgehead atoms. The Morgan fingerprint density at radius 2 is 1.75 bits per heavy atom. The van der Waals surface area contributed by atoms with Crippen molar-refractivity contribution in [2.45, 2.75) is 26.2 Å². The zero-order chi connectivity index (χ0) is 19.7. The third-order valence-electron chi connectivity index (χ3n) is 5.00. The predicted octanol–water partition coefficient (Wildman–Crippen LogP) is 4.22. The van der Waals surface area contributed by atoms with E-state index in [-0.39, 0.29) is 11.8 Å². The Morgan fingerprint density at radius 1 is 1.00 bits per heavy atom. The second kappa shape index (κ2) is 7.56. The summed E-state index contributed by atoms with van der Waals surface area (Å²) in [5, 5.41) is 5.98. The van der Waals surface area contributed by atoms with Gasteiger partial charge in [0, 0.05) is 28.6 Å². The summed E-state index contributed by atoms with van der Waals surface area (Å²) in [4.78, 5) is 30.1. The van der Waals surface area contributed by atoms with E-state index < -0.39 is 0 Å². The van der Waals surface area contributed by atoms with Crippen molar-refractivity contribution in [1.29, 1.82) is 0 Å². The van der Waals surface area contributed by atoms with Crippen LogP contribution in [0.15, 0.2) is 42.5 Å². The maximum atomic E-state index is 12.6. The highest BCUT2D eigenvalue weighted by atomic mass is 32.1. The summed E-state index contributed by atoms with van der Waals surface area (Å²) in [5.41, 5.74) is 5.71. The molecule has 0 fully saturated rings.